The number of carbonyl (C=O) groups excluding carboxylic acids is 1. The Hall–Kier alpha value is -2.48. The van der Waals surface area contributed by atoms with Gasteiger partial charge in [0.2, 0.25) is 0 Å². The SMILES string of the molecule is CCN[C@H](C)CNC(=O)c1cc(C)c2c(=O)[nH]c(=O)[nH]c2n1. The second-order valence-electron chi connectivity index (χ2n) is 5.12. The van der Waals surface area contributed by atoms with Crippen molar-refractivity contribution in [3.63, 3.8) is 0 Å². The number of carbonyl (C=O) groups is 1. The minimum Gasteiger partial charge on any atom is -0.349 e. The molecular weight excluding hydrogens is 286 g/mol. The molecule has 1 atom stereocenters. The maximum atomic E-state index is 12.1. The van der Waals surface area contributed by atoms with E-state index in [4.69, 9.17) is 0 Å². The smallest absolute Gasteiger partial charge is 0.327 e. The molecule has 2 aromatic heterocycles. The zero-order valence-corrected chi connectivity index (χ0v) is 12.7. The third-order valence-corrected chi connectivity index (χ3v) is 3.26. The molecule has 0 fully saturated rings. The van der Waals surface area contributed by atoms with Gasteiger partial charge in [0.1, 0.15) is 11.3 Å². The fourth-order valence-corrected chi connectivity index (χ4v) is 2.23. The summed E-state index contributed by atoms with van der Waals surface area (Å²) in [6, 6.07) is 1.67. The van der Waals surface area contributed by atoms with Gasteiger partial charge >= 0.3 is 5.69 Å². The number of fused-ring (bicyclic) bond motifs is 1. The summed E-state index contributed by atoms with van der Waals surface area (Å²) in [6.45, 7) is 6.90. The van der Waals surface area contributed by atoms with E-state index in [0.29, 0.717) is 12.1 Å². The van der Waals surface area contributed by atoms with Crippen molar-refractivity contribution in [3.05, 3.63) is 38.2 Å². The Labute approximate surface area is 126 Å². The molecule has 0 aliphatic rings. The van der Waals surface area contributed by atoms with Gasteiger partial charge in [0.25, 0.3) is 11.5 Å². The van der Waals surface area contributed by atoms with Gasteiger partial charge in [0.05, 0.1) is 5.39 Å². The molecular formula is C14H19N5O3. The maximum absolute atomic E-state index is 12.1. The molecule has 8 heteroatoms. The van der Waals surface area contributed by atoms with E-state index in [1.165, 1.54) is 6.07 Å². The molecule has 22 heavy (non-hydrogen) atoms. The Bertz CT molecular complexity index is 808. The van der Waals surface area contributed by atoms with E-state index in [1.807, 2.05) is 13.8 Å². The average Bonchev–Trinajstić information content (AvgIpc) is 2.43. The highest BCUT2D eigenvalue weighted by atomic mass is 16.2. The molecule has 8 nitrogen and oxygen atoms in total. The number of nitrogens with zero attached hydrogens (tertiary/aromatic N) is 1. The number of hydrogen-bond acceptors (Lipinski definition) is 5. The second-order valence-corrected chi connectivity index (χ2v) is 5.12. The molecule has 0 unspecified atom stereocenters. The first-order valence-electron chi connectivity index (χ1n) is 7.08. The van der Waals surface area contributed by atoms with Gasteiger partial charge in [-0.05, 0) is 32.0 Å². The molecule has 0 aliphatic carbocycles. The van der Waals surface area contributed by atoms with Gasteiger partial charge in [-0.1, -0.05) is 6.92 Å². The van der Waals surface area contributed by atoms with Crippen LogP contribution < -0.4 is 21.9 Å². The Morgan fingerprint density at radius 1 is 1.36 bits per heavy atom. The highest BCUT2D eigenvalue weighted by Gasteiger charge is 2.13. The fourth-order valence-electron chi connectivity index (χ4n) is 2.23. The first kappa shape index (κ1) is 15.9. The third-order valence-electron chi connectivity index (χ3n) is 3.26. The van der Waals surface area contributed by atoms with E-state index >= 15 is 0 Å². The fraction of sp³-hybridized carbons (Fsp3) is 0.429. The maximum Gasteiger partial charge on any atom is 0.327 e. The van der Waals surface area contributed by atoms with Crippen molar-refractivity contribution >= 4 is 16.9 Å². The number of pyridine rings is 1. The zero-order chi connectivity index (χ0) is 16.3. The van der Waals surface area contributed by atoms with Crippen LogP contribution in [0.5, 0.6) is 0 Å². The molecule has 0 aliphatic heterocycles. The quantitative estimate of drug-likeness (QED) is 0.602. The van der Waals surface area contributed by atoms with Crippen LogP contribution in [0.3, 0.4) is 0 Å². The minimum absolute atomic E-state index is 0.110. The van der Waals surface area contributed by atoms with Crippen LogP contribution in [-0.4, -0.2) is 40.0 Å². The Kier molecular flexibility index (Phi) is 4.71. The van der Waals surface area contributed by atoms with Crippen LogP contribution in [0.15, 0.2) is 15.7 Å². The molecule has 0 bridgehead atoms. The van der Waals surface area contributed by atoms with E-state index in [1.54, 1.807) is 6.92 Å². The number of nitrogens with one attached hydrogen (secondary N) is 4. The third kappa shape index (κ3) is 3.40. The summed E-state index contributed by atoms with van der Waals surface area (Å²) in [5.74, 6) is -0.351. The molecule has 2 rings (SSSR count). The van der Waals surface area contributed by atoms with Gasteiger partial charge in [0.15, 0.2) is 0 Å². The topological polar surface area (TPSA) is 120 Å². The van der Waals surface area contributed by atoms with E-state index < -0.39 is 11.2 Å². The van der Waals surface area contributed by atoms with E-state index in [0.717, 1.165) is 6.54 Å². The van der Waals surface area contributed by atoms with Crippen LogP contribution in [0.25, 0.3) is 11.0 Å². The molecule has 0 aromatic carbocycles. The van der Waals surface area contributed by atoms with E-state index in [2.05, 4.69) is 25.6 Å². The van der Waals surface area contributed by atoms with Gasteiger partial charge in [-0.25, -0.2) is 9.78 Å². The van der Waals surface area contributed by atoms with Crippen LogP contribution in [0.4, 0.5) is 0 Å². The molecule has 0 spiro atoms. The molecule has 0 saturated carbocycles. The van der Waals surface area contributed by atoms with Gasteiger partial charge < -0.3 is 10.6 Å². The Balaban J connectivity index is 2.31. The lowest BCUT2D eigenvalue weighted by atomic mass is 10.1. The van der Waals surface area contributed by atoms with Crippen LogP contribution >= 0.6 is 0 Å². The summed E-state index contributed by atoms with van der Waals surface area (Å²) >= 11 is 0. The summed E-state index contributed by atoms with van der Waals surface area (Å²) in [5.41, 5.74) is -0.319. The molecule has 0 saturated heterocycles. The van der Waals surface area contributed by atoms with Gasteiger partial charge in [-0.3, -0.25) is 19.6 Å². The van der Waals surface area contributed by atoms with Crippen LogP contribution in [0.2, 0.25) is 0 Å². The number of hydrogen-bond donors (Lipinski definition) is 4. The lowest BCUT2D eigenvalue weighted by Gasteiger charge is -2.13. The average molecular weight is 305 g/mol. The molecule has 4 N–H and O–H groups in total. The monoisotopic (exact) mass is 305 g/mol. The number of amides is 1. The molecule has 1 amide bonds. The Morgan fingerprint density at radius 3 is 2.77 bits per heavy atom. The highest BCUT2D eigenvalue weighted by molar-refractivity contribution is 5.95. The first-order chi connectivity index (χ1) is 10.4. The molecule has 118 valence electrons. The van der Waals surface area contributed by atoms with Crippen molar-refractivity contribution in [2.45, 2.75) is 26.8 Å². The van der Waals surface area contributed by atoms with Gasteiger partial charge in [0, 0.05) is 12.6 Å². The first-order valence-corrected chi connectivity index (χ1v) is 7.08. The lowest BCUT2D eigenvalue weighted by Crippen LogP contribution is -2.39. The van der Waals surface area contributed by atoms with Crippen molar-refractivity contribution in [3.8, 4) is 0 Å². The normalized spacial score (nSPS) is 12.3. The molecule has 2 aromatic rings. The number of aryl methyl sites for hydroxylation is 1. The van der Waals surface area contributed by atoms with Crippen LogP contribution in [-0.2, 0) is 0 Å². The number of aromatic amines is 2. The van der Waals surface area contributed by atoms with Crippen LogP contribution in [0.1, 0.15) is 29.9 Å². The zero-order valence-electron chi connectivity index (χ0n) is 12.7. The summed E-state index contributed by atoms with van der Waals surface area (Å²) < 4.78 is 0. The van der Waals surface area contributed by atoms with Crippen molar-refractivity contribution in [2.24, 2.45) is 0 Å². The predicted molar refractivity (Wildman–Crippen MR) is 83.2 cm³/mol. The number of H-pyrrole nitrogens is 2. The number of aromatic nitrogens is 3. The number of likely N-dealkylation sites (N-methyl/N-ethyl adjacent to an activating group) is 1. The summed E-state index contributed by atoms with van der Waals surface area (Å²) in [6.07, 6.45) is 0. The van der Waals surface area contributed by atoms with Crippen LogP contribution in [0, 0.1) is 6.92 Å². The molecule has 0 radical (unpaired) electrons. The van der Waals surface area contributed by atoms with Crippen molar-refractivity contribution in [1.29, 1.82) is 0 Å². The van der Waals surface area contributed by atoms with Crippen molar-refractivity contribution in [1.82, 2.24) is 25.6 Å². The van der Waals surface area contributed by atoms with E-state index in [-0.39, 0.29) is 28.7 Å². The standard InChI is InChI=1S/C14H19N5O3/c1-4-15-8(3)6-16-12(20)9-5-7(2)10-11(17-9)18-14(22)19-13(10)21/h5,8,15H,4,6H2,1-3H3,(H,16,20)(H2,17,18,19,21,22)/t8-/m1/s1. The number of rotatable bonds is 5. The summed E-state index contributed by atoms with van der Waals surface area (Å²) in [4.78, 5) is 43.9. The Morgan fingerprint density at radius 2 is 2.09 bits per heavy atom. The van der Waals surface area contributed by atoms with E-state index in [9.17, 15) is 14.4 Å². The lowest BCUT2D eigenvalue weighted by molar-refractivity contribution is 0.0945. The summed E-state index contributed by atoms with van der Waals surface area (Å²) in [5, 5.41) is 6.22. The van der Waals surface area contributed by atoms with Gasteiger partial charge in [-0.2, -0.15) is 0 Å². The largest absolute Gasteiger partial charge is 0.349 e. The minimum atomic E-state index is -0.650. The highest BCUT2D eigenvalue weighted by Crippen LogP contribution is 2.10. The predicted octanol–water partition coefficient (Wildman–Crippen LogP) is -0.352. The summed E-state index contributed by atoms with van der Waals surface area (Å²) in [7, 11) is 0. The molecule has 2 heterocycles. The second kappa shape index (κ2) is 6.52. The van der Waals surface area contributed by atoms with Crippen molar-refractivity contribution < 1.29 is 4.79 Å². The van der Waals surface area contributed by atoms with Gasteiger partial charge in [-0.15, -0.1) is 0 Å². The van der Waals surface area contributed by atoms with Crippen molar-refractivity contribution in [2.75, 3.05) is 13.1 Å².